The molecule has 4 aromatic rings. The molecule has 0 atom stereocenters. The lowest BCUT2D eigenvalue weighted by Gasteiger charge is -2.05. The summed E-state index contributed by atoms with van der Waals surface area (Å²) in [6, 6.07) is 11.1. The summed E-state index contributed by atoms with van der Waals surface area (Å²) in [5.41, 5.74) is 3.28. The molecule has 36 heavy (non-hydrogen) atoms. The van der Waals surface area contributed by atoms with Gasteiger partial charge in [-0.3, -0.25) is 35.8 Å². The Morgan fingerprint density at radius 1 is 0.917 bits per heavy atom. The Labute approximate surface area is 202 Å². The minimum Gasteiger partial charge on any atom is -0.461 e. The monoisotopic (exact) mass is 493 g/mol. The topological polar surface area (TPSA) is 180 Å². The average Bonchev–Trinajstić information content (AvgIpc) is 3.43. The number of benzene rings is 2. The highest BCUT2D eigenvalue weighted by molar-refractivity contribution is 5.96. The van der Waals surface area contributed by atoms with Crippen LogP contribution in [0.15, 0.2) is 62.5 Å². The fourth-order valence-electron chi connectivity index (χ4n) is 3.65. The molecule has 0 aliphatic heterocycles. The van der Waals surface area contributed by atoms with E-state index in [4.69, 9.17) is 8.83 Å². The smallest absolute Gasteiger partial charge is 0.301 e. The van der Waals surface area contributed by atoms with Crippen LogP contribution in [0.25, 0.3) is 22.3 Å². The summed E-state index contributed by atoms with van der Waals surface area (Å²) in [4.78, 5) is 31.6. The van der Waals surface area contributed by atoms with Gasteiger partial charge in [-0.2, -0.15) is 5.10 Å². The van der Waals surface area contributed by atoms with Crippen LogP contribution in [0.1, 0.15) is 24.9 Å². The molecule has 0 amide bonds. The van der Waals surface area contributed by atoms with Gasteiger partial charge in [0, 0.05) is 35.7 Å². The van der Waals surface area contributed by atoms with Crippen molar-refractivity contribution in [3.63, 3.8) is 0 Å². The highest BCUT2D eigenvalue weighted by Gasteiger charge is 2.22. The molecule has 0 fully saturated rings. The molecule has 1 N–H and O–H groups in total. The number of nitro benzene ring substituents is 3. The molecule has 13 heteroatoms. The first-order valence-electron chi connectivity index (χ1n) is 10.6. The van der Waals surface area contributed by atoms with E-state index in [2.05, 4.69) is 10.5 Å². The Kier molecular flexibility index (Phi) is 6.46. The lowest BCUT2D eigenvalue weighted by molar-refractivity contribution is -0.393. The van der Waals surface area contributed by atoms with Gasteiger partial charge in [-0.05, 0) is 44.5 Å². The van der Waals surface area contributed by atoms with Crippen LogP contribution >= 0.6 is 0 Å². The number of hydrazone groups is 1. The summed E-state index contributed by atoms with van der Waals surface area (Å²) >= 11 is 0. The van der Waals surface area contributed by atoms with E-state index in [-0.39, 0.29) is 11.4 Å². The number of nitrogens with one attached hydrogen (secondary N) is 1. The van der Waals surface area contributed by atoms with Gasteiger partial charge in [-0.15, -0.1) is 0 Å². The fraction of sp³-hybridized carbons (Fsp3) is 0.174. The van der Waals surface area contributed by atoms with Gasteiger partial charge < -0.3 is 8.83 Å². The molecule has 0 aliphatic carbocycles. The van der Waals surface area contributed by atoms with E-state index in [9.17, 15) is 30.3 Å². The maximum absolute atomic E-state index is 11.3. The van der Waals surface area contributed by atoms with Crippen LogP contribution in [0.4, 0.5) is 22.7 Å². The number of furan rings is 2. The SMILES string of the molecule is CC(CCc1oc2ccc([N+](=O)[O-])cc2c1-c1ccc(C)o1)=NNc1ccc([N+](=O)[O-])cc1[N+](=O)[O-]. The zero-order valence-corrected chi connectivity index (χ0v) is 19.1. The summed E-state index contributed by atoms with van der Waals surface area (Å²) in [5, 5.41) is 38.2. The maximum atomic E-state index is 11.3. The van der Waals surface area contributed by atoms with Gasteiger partial charge in [0.25, 0.3) is 11.4 Å². The van der Waals surface area contributed by atoms with E-state index in [1.54, 1.807) is 26.0 Å². The third-order valence-corrected chi connectivity index (χ3v) is 5.41. The van der Waals surface area contributed by atoms with Crippen LogP contribution in [0, 0.1) is 37.3 Å². The zero-order chi connectivity index (χ0) is 26.0. The highest BCUT2D eigenvalue weighted by Crippen LogP contribution is 2.38. The number of hydrogen-bond donors (Lipinski definition) is 1. The van der Waals surface area contributed by atoms with E-state index in [1.807, 2.05) is 0 Å². The molecule has 0 spiro atoms. The molecule has 0 aliphatic rings. The standard InChI is InChI=1S/C23H19N5O8/c1-13(24-25-18-7-5-16(27(31)32)12-19(18)28(33)34)3-8-22-23(21-9-4-14(2)35-21)17-11-15(26(29)30)6-10-20(17)36-22/h4-7,9-12,25H,3,8H2,1-2H3. The van der Waals surface area contributed by atoms with Gasteiger partial charge in [0.2, 0.25) is 0 Å². The number of nitro groups is 3. The number of aryl methyl sites for hydroxylation is 2. The van der Waals surface area contributed by atoms with E-state index in [0.717, 1.165) is 12.1 Å². The van der Waals surface area contributed by atoms with Gasteiger partial charge in [0.15, 0.2) is 0 Å². The van der Waals surface area contributed by atoms with Crippen LogP contribution in [0.5, 0.6) is 0 Å². The first-order valence-corrected chi connectivity index (χ1v) is 10.6. The Bertz CT molecular complexity index is 1530. The summed E-state index contributed by atoms with van der Waals surface area (Å²) in [6.45, 7) is 3.49. The lowest BCUT2D eigenvalue weighted by atomic mass is 10.0. The fourth-order valence-corrected chi connectivity index (χ4v) is 3.65. The van der Waals surface area contributed by atoms with Crippen molar-refractivity contribution in [2.75, 3.05) is 5.43 Å². The largest absolute Gasteiger partial charge is 0.461 e. The normalized spacial score (nSPS) is 11.6. The number of fused-ring (bicyclic) bond motifs is 1. The van der Waals surface area contributed by atoms with Crippen LogP contribution in [0.2, 0.25) is 0 Å². The van der Waals surface area contributed by atoms with Crippen molar-refractivity contribution in [3.05, 3.63) is 90.4 Å². The molecule has 4 rings (SSSR count). The number of hydrogen-bond acceptors (Lipinski definition) is 10. The van der Waals surface area contributed by atoms with Crippen molar-refractivity contribution in [2.45, 2.75) is 26.7 Å². The van der Waals surface area contributed by atoms with Gasteiger partial charge >= 0.3 is 5.69 Å². The molecular weight excluding hydrogens is 474 g/mol. The van der Waals surface area contributed by atoms with Gasteiger partial charge in [0.1, 0.15) is 28.6 Å². The second-order valence-corrected chi connectivity index (χ2v) is 7.92. The number of nitrogens with zero attached hydrogens (tertiary/aromatic N) is 4. The van der Waals surface area contributed by atoms with E-state index in [1.165, 1.54) is 24.3 Å². The Hall–Kier alpha value is -5.07. The van der Waals surface area contributed by atoms with Crippen molar-refractivity contribution in [3.8, 4) is 11.3 Å². The van der Waals surface area contributed by atoms with Crippen molar-refractivity contribution in [1.29, 1.82) is 0 Å². The summed E-state index contributed by atoms with van der Waals surface area (Å²) < 4.78 is 11.8. The molecular formula is C23H19N5O8. The van der Waals surface area contributed by atoms with E-state index in [0.29, 0.717) is 52.4 Å². The Morgan fingerprint density at radius 2 is 1.61 bits per heavy atom. The van der Waals surface area contributed by atoms with Gasteiger partial charge in [-0.25, -0.2) is 0 Å². The Balaban J connectivity index is 1.60. The number of anilines is 1. The van der Waals surface area contributed by atoms with Crippen molar-refractivity contribution < 1.29 is 23.6 Å². The van der Waals surface area contributed by atoms with Crippen LogP contribution in [-0.4, -0.2) is 20.5 Å². The molecule has 2 heterocycles. The first kappa shape index (κ1) is 24.1. The third kappa shape index (κ3) is 4.89. The molecule has 13 nitrogen and oxygen atoms in total. The summed E-state index contributed by atoms with van der Waals surface area (Å²) in [7, 11) is 0. The van der Waals surface area contributed by atoms with E-state index >= 15 is 0 Å². The van der Waals surface area contributed by atoms with Crippen molar-refractivity contribution in [1.82, 2.24) is 0 Å². The summed E-state index contributed by atoms with van der Waals surface area (Å²) in [5.74, 6) is 1.72. The first-order chi connectivity index (χ1) is 17.1. The summed E-state index contributed by atoms with van der Waals surface area (Å²) in [6.07, 6.45) is 0.735. The second kappa shape index (κ2) is 9.66. The molecule has 0 bridgehead atoms. The predicted molar refractivity (Wildman–Crippen MR) is 130 cm³/mol. The van der Waals surface area contributed by atoms with Crippen LogP contribution < -0.4 is 5.43 Å². The lowest BCUT2D eigenvalue weighted by Crippen LogP contribution is -2.02. The molecule has 0 unspecified atom stereocenters. The molecule has 2 aromatic carbocycles. The molecule has 184 valence electrons. The van der Waals surface area contributed by atoms with Gasteiger partial charge in [0.05, 0.1) is 26.4 Å². The average molecular weight is 493 g/mol. The molecule has 2 aromatic heterocycles. The van der Waals surface area contributed by atoms with Crippen LogP contribution in [-0.2, 0) is 6.42 Å². The van der Waals surface area contributed by atoms with Gasteiger partial charge in [-0.1, -0.05) is 0 Å². The van der Waals surface area contributed by atoms with E-state index < -0.39 is 26.1 Å². The highest BCUT2D eigenvalue weighted by atomic mass is 16.6. The minimum absolute atomic E-state index is 0.00717. The minimum atomic E-state index is -0.731. The molecule has 0 radical (unpaired) electrons. The van der Waals surface area contributed by atoms with Crippen LogP contribution in [0.3, 0.4) is 0 Å². The van der Waals surface area contributed by atoms with Crippen molar-refractivity contribution in [2.24, 2.45) is 5.10 Å². The second-order valence-electron chi connectivity index (χ2n) is 7.92. The number of rotatable bonds is 9. The third-order valence-electron chi connectivity index (χ3n) is 5.41. The Morgan fingerprint density at radius 3 is 2.25 bits per heavy atom. The molecule has 0 saturated heterocycles. The van der Waals surface area contributed by atoms with Crippen molar-refractivity contribution >= 4 is 39.4 Å². The maximum Gasteiger partial charge on any atom is 0.301 e. The number of non-ortho nitro benzene ring substituents is 2. The quantitative estimate of drug-likeness (QED) is 0.162. The molecule has 0 saturated carbocycles. The zero-order valence-electron chi connectivity index (χ0n) is 19.1. The predicted octanol–water partition coefficient (Wildman–Crippen LogP) is 6.15.